The van der Waals surface area contributed by atoms with Crippen molar-refractivity contribution in [2.75, 3.05) is 27.4 Å². The summed E-state index contributed by atoms with van der Waals surface area (Å²) in [5.74, 6) is -1.22. The van der Waals surface area contributed by atoms with E-state index in [1.807, 2.05) is 0 Å². The molecule has 0 aliphatic rings. The van der Waals surface area contributed by atoms with E-state index in [0.717, 1.165) is 0 Å². The smallest absolute Gasteiger partial charge is 0.408 e. The molecule has 0 aromatic rings. The summed E-state index contributed by atoms with van der Waals surface area (Å²) in [4.78, 5) is 22.5. The van der Waals surface area contributed by atoms with Gasteiger partial charge in [0.05, 0.1) is 13.2 Å². The molecule has 0 unspecified atom stereocenters. The summed E-state index contributed by atoms with van der Waals surface area (Å²) in [7, 11) is 2.87. The summed E-state index contributed by atoms with van der Waals surface area (Å²) >= 11 is 0. The van der Waals surface area contributed by atoms with E-state index in [1.165, 1.54) is 14.2 Å². The molecule has 0 aromatic carbocycles. The average molecular weight is 293 g/mol. The fraction of sp³-hybridized carbons (Fsp3) is 0.833. The summed E-state index contributed by atoms with van der Waals surface area (Å²) in [6.45, 7) is 4.87. The first-order valence-corrected chi connectivity index (χ1v) is 6.05. The maximum Gasteiger partial charge on any atom is 0.408 e. The highest BCUT2D eigenvalue weighted by Gasteiger charge is 2.24. The number of carboxylic acids is 1. The third-order valence-corrected chi connectivity index (χ3v) is 2.05. The number of nitrogens with one attached hydrogen (secondary N) is 1. The molecule has 0 aliphatic carbocycles. The summed E-state index contributed by atoms with van der Waals surface area (Å²) in [5.41, 5.74) is -0.703. The van der Waals surface area contributed by atoms with Gasteiger partial charge in [-0.1, -0.05) is 0 Å². The van der Waals surface area contributed by atoms with Crippen molar-refractivity contribution >= 4 is 12.1 Å². The van der Waals surface area contributed by atoms with Gasteiger partial charge in [0.15, 0.2) is 12.3 Å². The van der Waals surface area contributed by atoms with Crippen molar-refractivity contribution in [3.8, 4) is 0 Å². The van der Waals surface area contributed by atoms with Crippen LogP contribution in [-0.4, -0.2) is 62.5 Å². The molecule has 20 heavy (non-hydrogen) atoms. The Balaban J connectivity index is 4.24. The molecule has 0 bridgehead atoms. The third kappa shape index (κ3) is 8.68. The second-order valence-electron chi connectivity index (χ2n) is 4.98. The van der Waals surface area contributed by atoms with Gasteiger partial charge in [0.1, 0.15) is 5.60 Å². The van der Waals surface area contributed by atoms with Crippen molar-refractivity contribution < 1.29 is 33.6 Å². The zero-order valence-electron chi connectivity index (χ0n) is 12.5. The van der Waals surface area contributed by atoms with E-state index in [2.05, 4.69) is 5.32 Å². The third-order valence-electron chi connectivity index (χ3n) is 2.05. The zero-order valence-corrected chi connectivity index (χ0v) is 12.5. The van der Waals surface area contributed by atoms with Gasteiger partial charge in [-0.05, 0) is 20.8 Å². The second-order valence-corrected chi connectivity index (χ2v) is 4.98. The lowest BCUT2D eigenvalue weighted by Crippen LogP contribution is -2.46. The van der Waals surface area contributed by atoms with Crippen molar-refractivity contribution in [3.05, 3.63) is 0 Å². The molecular weight excluding hydrogens is 270 g/mol. The van der Waals surface area contributed by atoms with Crippen molar-refractivity contribution in [2.45, 2.75) is 38.7 Å². The van der Waals surface area contributed by atoms with E-state index in [0.29, 0.717) is 0 Å². The van der Waals surface area contributed by atoms with Crippen molar-refractivity contribution in [2.24, 2.45) is 0 Å². The molecule has 118 valence electrons. The first-order chi connectivity index (χ1) is 9.19. The Morgan fingerprint density at radius 2 is 1.70 bits per heavy atom. The molecule has 0 spiro atoms. The quantitative estimate of drug-likeness (QED) is 0.631. The van der Waals surface area contributed by atoms with Crippen LogP contribution in [0.15, 0.2) is 0 Å². The predicted octanol–water partition coefficient (Wildman–Crippen LogP) is 0.600. The molecule has 0 aliphatic heterocycles. The number of carboxylic acid groups (broad SMARTS) is 1. The number of alkyl carbamates (subject to hydrolysis) is 1. The van der Waals surface area contributed by atoms with Gasteiger partial charge in [0, 0.05) is 14.2 Å². The van der Waals surface area contributed by atoms with Gasteiger partial charge in [0.2, 0.25) is 0 Å². The normalized spacial score (nSPS) is 13.1. The van der Waals surface area contributed by atoms with Crippen molar-refractivity contribution in [1.82, 2.24) is 5.32 Å². The Morgan fingerprint density at radius 3 is 2.10 bits per heavy atom. The Morgan fingerprint density at radius 1 is 1.15 bits per heavy atom. The summed E-state index contributed by atoms with van der Waals surface area (Å²) in [6, 6.07) is -1.21. The van der Waals surface area contributed by atoms with Gasteiger partial charge < -0.3 is 29.4 Å². The van der Waals surface area contributed by atoms with Crippen LogP contribution >= 0.6 is 0 Å². The Labute approximate surface area is 118 Å². The van der Waals surface area contributed by atoms with E-state index in [-0.39, 0.29) is 13.2 Å². The first kappa shape index (κ1) is 18.6. The molecule has 0 saturated carbocycles. The number of hydrogen-bond donors (Lipinski definition) is 2. The van der Waals surface area contributed by atoms with Gasteiger partial charge >= 0.3 is 12.1 Å². The Bertz CT molecular complexity index is 309. The minimum Gasteiger partial charge on any atom is -0.480 e. The van der Waals surface area contributed by atoms with Gasteiger partial charge in [-0.3, -0.25) is 0 Å². The molecule has 0 heterocycles. The average Bonchev–Trinajstić information content (AvgIpc) is 2.30. The number of ether oxygens (including phenoxy) is 4. The number of carbonyl (C=O) groups excluding carboxylic acids is 1. The molecule has 8 nitrogen and oxygen atoms in total. The van der Waals surface area contributed by atoms with E-state index >= 15 is 0 Å². The Hall–Kier alpha value is -1.38. The van der Waals surface area contributed by atoms with E-state index in [4.69, 9.17) is 24.1 Å². The van der Waals surface area contributed by atoms with Crippen molar-refractivity contribution in [3.63, 3.8) is 0 Å². The number of aliphatic carboxylic acids is 1. The van der Waals surface area contributed by atoms with E-state index < -0.39 is 30.0 Å². The molecule has 1 atom stereocenters. The van der Waals surface area contributed by atoms with Gasteiger partial charge in [-0.15, -0.1) is 0 Å². The second kappa shape index (κ2) is 8.72. The van der Waals surface area contributed by atoms with Crippen LogP contribution in [0.4, 0.5) is 4.79 Å². The maximum absolute atomic E-state index is 11.5. The molecule has 0 rings (SSSR count). The van der Waals surface area contributed by atoms with Gasteiger partial charge in [-0.2, -0.15) is 0 Å². The molecule has 1 amide bonds. The minimum absolute atomic E-state index is 0.0484. The van der Waals surface area contributed by atoms with Crippen LogP contribution in [0.2, 0.25) is 0 Å². The highest BCUT2D eigenvalue weighted by Crippen LogP contribution is 2.07. The van der Waals surface area contributed by atoms with E-state index in [9.17, 15) is 9.59 Å². The number of carbonyl (C=O) groups is 2. The van der Waals surface area contributed by atoms with Crippen LogP contribution in [-0.2, 0) is 23.7 Å². The first-order valence-electron chi connectivity index (χ1n) is 6.05. The topological polar surface area (TPSA) is 103 Å². The van der Waals surface area contributed by atoms with Crippen LogP contribution in [0.1, 0.15) is 20.8 Å². The maximum atomic E-state index is 11.5. The highest BCUT2D eigenvalue weighted by atomic mass is 16.7. The van der Waals surface area contributed by atoms with Crippen LogP contribution in [0.3, 0.4) is 0 Å². The fourth-order valence-electron chi connectivity index (χ4n) is 1.14. The van der Waals surface area contributed by atoms with Crippen LogP contribution < -0.4 is 5.32 Å². The SMILES string of the molecule is COC(COC[C@H](NC(=O)OC(C)(C)C)C(=O)O)OC. The molecular formula is C12H23NO7. The number of hydrogen-bond acceptors (Lipinski definition) is 6. The summed E-state index contributed by atoms with van der Waals surface area (Å²) in [5, 5.41) is 11.2. The largest absolute Gasteiger partial charge is 0.480 e. The summed E-state index contributed by atoms with van der Waals surface area (Å²) < 4.78 is 19.9. The predicted molar refractivity (Wildman–Crippen MR) is 69.4 cm³/mol. The lowest BCUT2D eigenvalue weighted by Gasteiger charge is -2.22. The molecule has 8 heteroatoms. The minimum atomic E-state index is -1.22. The Kier molecular flexibility index (Phi) is 8.12. The van der Waals surface area contributed by atoms with Crippen molar-refractivity contribution in [1.29, 1.82) is 0 Å². The molecule has 0 radical (unpaired) electrons. The van der Waals surface area contributed by atoms with E-state index in [1.54, 1.807) is 20.8 Å². The van der Waals surface area contributed by atoms with Gasteiger partial charge in [-0.25, -0.2) is 9.59 Å². The lowest BCUT2D eigenvalue weighted by molar-refractivity contribution is -0.151. The fourth-order valence-corrected chi connectivity index (χ4v) is 1.14. The molecule has 0 aromatic heterocycles. The number of amides is 1. The highest BCUT2D eigenvalue weighted by molar-refractivity contribution is 5.80. The number of rotatable bonds is 8. The lowest BCUT2D eigenvalue weighted by atomic mass is 10.2. The van der Waals surface area contributed by atoms with Crippen LogP contribution in [0.5, 0.6) is 0 Å². The molecule has 0 saturated heterocycles. The van der Waals surface area contributed by atoms with Crippen LogP contribution in [0.25, 0.3) is 0 Å². The van der Waals surface area contributed by atoms with Crippen LogP contribution in [0, 0.1) is 0 Å². The molecule has 2 N–H and O–H groups in total. The summed E-state index contributed by atoms with van der Waals surface area (Å²) in [6.07, 6.45) is -1.41. The molecule has 0 fully saturated rings. The monoisotopic (exact) mass is 293 g/mol. The zero-order chi connectivity index (χ0) is 15.8. The number of methoxy groups -OCH3 is 2. The van der Waals surface area contributed by atoms with Gasteiger partial charge in [0.25, 0.3) is 0 Å². The standard InChI is InChI=1S/C12H23NO7/c1-12(2,3)20-11(16)13-8(10(14)15)6-19-7-9(17-4)18-5/h8-9H,6-7H2,1-5H3,(H,13,16)(H,14,15)/t8-/m0/s1.